The number of carbonyl (C=O) groups excluding carboxylic acids is 3. The largest absolute Gasteiger partial charge is 0.462 e. The maximum absolute atomic E-state index is 12.8. The van der Waals surface area contributed by atoms with Crippen LogP contribution < -0.4 is 0 Å². The number of ether oxygens (including phenoxy) is 3. The molecule has 0 fully saturated rings. The van der Waals surface area contributed by atoms with Gasteiger partial charge in [0.05, 0.1) is 0 Å². The normalized spacial score (nSPS) is 12.5. The minimum Gasteiger partial charge on any atom is -0.462 e. The van der Waals surface area contributed by atoms with Crippen LogP contribution in [0, 0.1) is 0 Å². The van der Waals surface area contributed by atoms with Gasteiger partial charge in [0.2, 0.25) is 0 Å². The molecule has 0 aromatic heterocycles. The van der Waals surface area contributed by atoms with E-state index in [1.165, 1.54) is 89.9 Å². The fourth-order valence-electron chi connectivity index (χ4n) is 6.77. The number of unbranched alkanes of at least 4 members (excludes halogenated alkanes) is 23. The molecule has 6 nitrogen and oxygen atoms in total. The molecule has 0 N–H and O–H groups in total. The third kappa shape index (κ3) is 46.0. The molecule has 0 heterocycles. The molecule has 0 aliphatic rings. The van der Waals surface area contributed by atoms with Gasteiger partial charge in [-0.05, 0) is 77.0 Å². The van der Waals surface area contributed by atoms with Crippen molar-refractivity contribution in [3.05, 3.63) is 60.8 Å². The second-order valence-corrected chi connectivity index (χ2v) is 16.3. The van der Waals surface area contributed by atoms with Gasteiger partial charge in [-0.25, -0.2) is 0 Å². The highest BCUT2D eigenvalue weighted by Gasteiger charge is 2.19. The Kier molecular flexibility index (Phi) is 45.4. The summed E-state index contributed by atoms with van der Waals surface area (Å²) < 4.78 is 16.7. The summed E-state index contributed by atoms with van der Waals surface area (Å²) in [6, 6.07) is 0. The van der Waals surface area contributed by atoms with Crippen LogP contribution in [0.3, 0.4) is 0 Å². The number of hydrogen-bond acceptors (Lipinski definition) is 6. The zero-order valence-corrected chi connectivity index (χ0v) is 38.8. The zero-order valence-electron chi connectivity index (χ0n) is 38.8. The molecule has 0 aliphatic heterocycles. The average molecular weight is 825 g/mol. The molecular formula is C53H92O6. The predicted molar refractivity (Wildman–Crippen MR) is 251 cm³/mol. The average Bonchev–Trinajstić information content (AvgIpc) is 3.23. The van der Waals surface area contributed by atoms with Gasteiger partial charge in [-0.1, -0.05) is 204 Å². The lowest BCUT2D eigenvalue weighted by atomic mass is 10.1. The molecule has 0 aromatic carbocycles. The first-order chi connectivity index (χ1) is 29.0. The third-order valence-corrected chi connectivity index (χ3v) is 10.5. The fraction of sp³-hybridized carbons (Fsp3) is 0.755. The van der Waals surface area contributed by atoms with E-state index >= 15 is 0 Å². The van der Waals surface area contributed by atoms with Crippen LogP contribution in [-0.4, -0.2) is 37.2 Å². The van der Waals surface area contributed by atoms with Crippen LogP contribution >= 0.6 is 0 Å². The lowest BCUT2D eigenvalue weighted by Gasteiger charge is -2.18. The minimum absolute atomic E-state index is 0.0819. The molecule has 6 heteroatoms. The van der Waals surface area contributed by atoms with Crippen LogP contribution in [0.2, 0.25) is 0 Å². The van der Waals surface area contributed by atoms with Gasteiger partial charge in [0.25, 0.3) is 0 Å². The van der Waals surface area contributed by atoms with E-state index in [0.717, 1.165) is 109 Å². The van der Waals surface area contributed by atoms with E-state index in [0.29, 0.717) is 19.3 Å². The van der Waals surface area contributed by atoms with E-state index in [2.05, 4.69) is 81.5 Å². The Morgan fingerprint density at radius 3 is 1.08 bits per heavy atom. The molecule has 0 aliphatic carbocycles. The van der Waals surface area contributed by atoms with E-state index in [-0.39, 0.29) is 31.1 Å². The standard InChI is InChI=1S/C53H92O6/c1-4-7-10-13-16-19-22-24-26-27-28-30-31-34-37-40-43-46-52(55)58-49-50(48-57-51(54)45-42-39-36-33-21-18-15-12-9-6-3)59-53(56)47-44-41-38-35-32-29-25-23-20-17-14-11-8-5-2/h7,10,14,16-17,19,23-26,50H,4-6,8-9,11-13,15,18,20-22,27-49H2,1-3H3/b10-7-,17-14-,19-16-,25-23-,26-24-. The van der Waals surface area contributed by atoms with E-state index in [9.17, 15) is 14.4 Å². The zero-order chi connectivity index (χ0) is 43.0. The number of hydrogen-bond donors (Lipinski definition) is 0. The summed E-state index contributed by atoms with van der Waals surface area (Å²) in [5.74, 6) is -0.906. The third-order valence-electron chi connectivity index (χ3n) is 10.5. The van der Waals surface area contributed by atoms with Crippen molar-refractivity contribution in [2.24, 2.45) is 0 Å². The summed E-state index contributed by atoms with van der Waals surface area (Å²) in [6.07, 6.45) is 57.7. The lowest BCUT2D eigenvalue weighted by molar-refractivity contribution is -0.167. The van der Waals surface area contributed by atoms with Crippen molar-refractivity contribution >= 4 is 17.9 Å². The summed E-state index contributed by atoms with van der Waals surface area (Å²) >= 11 is 0. The van der Waals surface area contributed by atoms with Crippen molar-refractivity contribution in [3.63, 3.8) is 0 Å². The van der Waals surface area contributed by atoms with Crippen molar-refractivity contribution in [2.45, 2.75) is 245 Å². The van der Waals surface area contributed by atoms with Crippen molar-refractivity contribution in [3.8, 4) is 0 Å². The van der Waals surface area contributed by atoms with E-state index in [1.54, 1.807) is 0 Å². The maximum atomic E-state index is 12.8. The first kappa shape index (κ1) is 56.1. The highest BCUT2D eigenvalue weighted by Crippen LogP contribution is 2.14. The maximum Gasteiger partial charge on any atom is 0.306 e. The Balaban J connectivity index is 4.38. The van der Waals surface area contributed by atoms with Gasteiger partial charge in [-0.2, -0.15) is 0 Å². The van der Waals surface area contributed by atoms with Gasteiger partial charge in [0, 0.05) is 19.3 Å². The molecule has 0 saturated heterocycles. The quantitative estimate of drug-likeness (QED) is 0.0263. The monoisotopic (exact) mass is 825 g/mol. The SMILES string of the molecule is CC/C=C\C/C=C\C/C=C\CCCCCCCCCC(=O)OCC(COC(=O)CCCCCCCCCCCC)OC(=O)CCCCCCC/C=C\C/C=C\CCCC. The summed E-state index contributed by atoms with van der Waals surface area (Å²) in [7, 11) is 0. The summed E-state index contributed by atoms with van der Waals surface area (Å²) in [4.78, 5) is 37.9. The Morgan fingerprint density at radius 1 is 0.356 bits per heavy atom. The molecule has 0 saturated carbocycles. The molecule has 0 radical (unpaired) electrons. The second-order valence-electron chi connectivity index (χ2n) is 16.3. The van der Waals surface area contributed by atoms with E-state index in [4.69, 9.17) is 14.2 Å². The number of esters is 3. The van der Waals surface area contributed by atoms with Crippen LogP contribution in [0.25, 0.3) is 0 Å². The summed E-state index contributed by atoms with van der Waals surface area (Å²) in [6.45, 7) is 6.45. The van der Waals surface area contributed by atoms with Crippen molar-refractivity contribution in [2.75, 3.05) is 13.2 Å². The summed E-state index contributed by atoms with van der Waals surface area (Å²) in [5, 5.41) is 0. The number of rotatable bonds is 44. The smallest absolute Gasteiger partial charge is 0.306 e. The van der Waals surface area contributed by atoms with Crippen molar-refractivity contribution < 1.29 is 28.6 Å². The minimum atomic E-state index is -0.782. The molecule has 0 rings (SSSR count). The van der Waals surface area contributed by atoms with Gasteiger partial charge in [0.1, 0.15) is 13.2 Å². The highest BCUT2D eigenvalue weighted by atomic mass is 16.6. The van der Waals surface area contributed by atoms with Crippen LogP contribution in [-0.2, 0) is 28.6 Å². The molecule has 0 spiro atoms. The molecule has 59 heavy (non-hydrogen) atoms. The highest BCUT2D eigenvalue weighted by molar-refractivity contribution is 5.71. The van der Waals surface area contributed by atoms with E-state index in [1.807, 2.05) is 0 Å². The van der Waals surface area contributed by atoms with Gasteiger partial charge in [-0.15, -0.1) is 0 Å². The van der Waals surface area contributed by atoms with Gasteiger partial charge < -0.3 is 14.2 Å². The Morgan fingerprint density at radius 2 is 0.678 bits per heavy atom. The number of carbonyl (C=O) groups is 3. The topological polar surface area (TPSA) is 78.9 Å². The summed E-state index contributed by atoms with van der Waals surface area (Å²) in [5.41, 5.74) is 0. The molecular weight excluding hydrogens is 733 g/mol. The van der Waals surface area contributed by atoms with Crippen LogP contribution in [0.5, 0.6) is 0 Å². The first-order valence-corrected chi connectivity index (χ1v) is 24.8. The predicted octanol–water partition coefficient (Wildman–Crippen LogP) is 16.1. The van der Waals surface area contributed by atoms with Gasteiger partial charge in [-0.3, -0.25) is 14.4 Å². The fourth-order valence-corrected chi connectivity index (χ4v) is 6.77. The van der Waals surface area contributed by atoms with Crippen molar-refractivity contribution in [1.82, 2.24) is 0 Å². The lowest BCUT2D eigenvalue weighted by Crippen LogP contribution is -2.30. The van der Waals surface area contributed by atoms with Gasteiger partial charge >= 0.3 is 17.9 Å². The molecule has 1 atom stereocenters. The Labute approximate surface area is 364 Å². The molecule has 0 amide bonds. The van der Waals surface area contributed by atoms with Crippen LogP contribution in [0.15, 0.2) is 60.8 Å². The number of allylic oxidation sites excluding steroid dienone is 10. The van der Waals surface area contributed by atoms with Gasteiger partial charge in [0.15, 0.2) is 6.10 Å². The Bertz CT molecular complexity index is 1090. The van der Waals surface area contributed by atoms with Crippen molar-refractivity contribution in [1.29, 1.82) is 0 Å². The second kappa shape index (κ2) is 47.8. The van der Waals surface area contributed by atoms with Crippen LogP contribution in [0.4, 0.5) is 0 Å². The van der Waals surface area contributed by atoms with Crippen LogP contribution in [0.1, 0.15) is 239 Å². The molecule has 1 unspecified atom stereocenters. The molecule has 0 bridgehead atoms. The van der Waals surface area contributed by atoms with E-state index < -0.39 is 6.10 Å². The Hall–Kier alpha value is -2.89. The first-order valence-electron chi connectivity index (χ1n) is 24.8. The molecule has 0 aromatic rings. The molecule has 340 valence electrons.